The fourth-order valence-corrected chi connectivity index (χ4v) is 3.93. The predicted octanol–water partition coefficient (Wildman–Crippen LogP) is 4.69. The molecule has 3 rings (SSSR count). The topological polar surface area (TPSA) is 94.0 Å². The van der Waals surface area contributed by atoms with Crippen molar-refractivity contribution in [1.29, 1.82) is 10.7 Å². The Labute approximate surface area is 184 Å². The van der Waals surface area contributed by atoms with Crippen LogP contribution in [-0.4, -0.2) is 35.8 Å². The molecule has 1 aliphatic heterocycles. The van der Waals surface area contributed by atoms with E-state index in [9.17, 15) is 18.0 Å². The number of carbonyl (C=O) groups excluding carboxylic acids is 1. The Kier molecular flexibility index (Phi) is 6.13. The Balaban J connectivity index is 1.88. The second-order valence-electron chi connectivity index (χ2n) is 8.03. The van der Waals surface area contributed by atoms with Crippen LogP contribution in [0.2, 0.25) is 0 Å². The lowest BCUT2D eigenvalue weighted by Crippen LogP contribution is -2.48. The molecular formula is C24H23F3N4O. The predicted molar refractivity (Wildman–Crippen MR) is 116 cm³/mol. The highest BCUT2D eigenvalue weighted by Gasteiger charge is 2.38. The minimum Gasteiger partial charge on any atom is -0.398 e. The van der Waals surface area contributed by atoms with Gasteiger partial charge in [0.2, 0.25) is 0 Å². The zero-order valence-corrected chi connectivity index (χ0v) is 18.0. The van der Waals surface area contributed by atoms with Crippen LogP contribution in [0.5, 0.6) is 0 Å². The first-order valence-electron chi connectivity index (χ1n) is 9.97. The molecule has 1 heterocycles. The standard InChI is InChI=1S/C24H23F3N4O/c1-13-8-14(2)20(9-19(13)22(30)21(15(3)29)24(25,26)27)23(32)31-11-18(12-31)17-6-4-16(10-28)5-7-17/h4-9,18,29H,11-12,30H2,1-3H3/b22-21+,29-15?. The van der Waals surface area contributed by atoms with Crippen LogP contribution in [0.3, 0.4) is 0 Å². The number of nitrogens with one attached hydrogen (secondary N) is 1. The molecule has 1 amide bonds. The number of hydrogen-bond acceptors (Lipinski definition) is 4. The molecule has 0 atom stereocenters. The summed E-state index contributed by atoms with van der Waals surface area (Å²) in [5.41, 5.74) is 6.54. The molecule has 1 aliphatic rings. The lowest BCUT2D eigenvalue weighted by atomic mass is 9.89. The molecular weight excluding hydrogens is 417 g/mol. The van der Waals surface area contributed by atoms with Crippen LogP contribution in [0.15, 0.2) is 42.0 Å². The number of alkyl halides is 3. The number of halogens is 3. The summed E-state index contributed by atoms with van der Waals surface area (Å²) in [7, 11) is 0. The van der Waals surface area contributed by atoms with E-state index >= 15 is 0 Å². The fourth-order valence-electron chi connectivity index (χ4n) is 3.93. The third-order valence-electron chi connectivity index (χ3n) is 5.70. The number of aryl methyl sites for hydroxylation is 2. The van der Waals surface area contributed by atoms with Gasteiger partial charge in [-0.3, -0.25) is 4.79 Å². The molecule has 0 spiro atoms. The molecule has 1 saturated heterocycles. The molecule has 5 nitrogen and oxygen atoms in total. The second kappa shape index (κ2) is 8.50. The van der Waals surface area contributed by atoms with Crippen LogP contribution >= 0.6 is 0 Å². The van der Waals surface area contributed by atoms with Crippen LogP contribution in [0, 0.1) is 30.6 Å². The smallest absolute Gasteiger partial charge is 0.398 e. The number of nitrogens with zero attached hydrogens (tertiary/aromatic N) is 2. The van der Waals surface area contributed by atoms with E-state index in [2.05, 4.69) is 6.07 Å². The first-order chi connectivity index (χ1) is 14.9. The Morgan fingerprint density at radius 1 is 1.12 bits per heavy atom. The summed E-state index contributed by atoms with van der Waals surface area (Å²) >= 11 is 0. The average Bonchev–Trinajstić information content (AvgIpc) is 2.65. The third-order valence-corrected chi connectivity index (χ3v) is 5.70. The fraction of sp³-hybridized carbons (Fsp3) is 0.292. The monoisotopic (exact) mass is 440 g/mol. The second-order valence-corrected chi connectivity index (χ2v) is 8.03. The summed E-state index contributed by atoms with van der Waals surface area (Å²) in [5, 5.41) is 16.4. The van der Waals surface area contributed by atoms with Gasteiger partial charge < -0.3 is 16.0 Å². The number of rotatable bonds is 4. The van der Waals surface area contributed by atoms with E-state index in [-0.39, 0.29) is 23.0 Å². The van der Waals surface area contributed by atoms with Crippen molar-refractivity contribution in [2.45, 2.75) is 32.9 Å². The summed E-state index contributed by atoms with van der Waals surface area (Å²) in [4.78, 5) is 14.7. The highest BCUT2D eigenvalue weighted by Crippen LogP contribution is 2.34. The van der Waals surface area contributed by atoms with Crippen molar-refractivity contribution >= 4 is 17.3 Å². The summed E-state index contributed by atoms with van der Waals surface area (Å²) in [6.07, 6.45) is -4.77. The molecule has 0 aliphatic carbocycles. The maximum Gasteiger partial charge on any atom is 0.420 e. The van der Waals surface area contributed by atoms with Crippen molar-refractivity contribution in [3.05, 3.63) is 75.4 Å². The van der Waals surface area contributed by atoms with E-state index in [0.29, 0.717) is 29.8 Å². The van der Waals surface area contributed by atoms with Gasteiger partial charge in [0.25, 0.3) is 5.91 Å². The lowest BCUT2D eigenvalue weighted by Gasteiger charge is -2.40. The lowest BCUT2D eigenvalue weighted by molar-refractivity contribution is -0.0856. The van der Waals surface area contributed by atoms with Gasteiger partial charge in [0.1, 0.15) is 0 Å². The van der Waals surface area contributed by atoms with Gasteiger partial charge in [-0.2, -0.15) is 18.4 Å². The van der Waals surface area contributed by atoms with E-state index in [4.69, 9.17) is 16.4 Å². The Morgan fingerprint density at radius 3 is 2.19 bits per heavy atom. The highest BCUT2D eigenvalue weighted by molar-refractivity contribution is 6.04. The summed E-state index contributed by atoms with van der Waals surface area (Å²) < 4.78 is 40.3. The van der Waals surface area contributed by atoms with Crippen LogP contribution in [0.25, 0.3) is 5.70 Å². The van der Waals surface area contributed by atoms with E-state index in [1.165, 1.54) is 6.07 Å². The van der Waals surface area contributed by atoms with Crippen LogP contribution in [0.1, 0.15) is 51.0 Å². The van der Waals surface area contributed by atoms with Gasteiger partial charge in [-0.1, -0.05) is 18.2 Å². The molecule has 2 aromatic carbocycles. The van der Waals surface area contributed by atoms with E-state index in [0.717, 1.165) is 12.5 Å². The van der Waals surface area contributed by atoms with Gasteiger partial charge in [0.05, 0.1) is 22.9 Å². The quantitative estimate of drug-likeness (QED) is 0.676. The van der Waals surface area contributed by atoms with Crippen molar-refractivity contribution in [1.82, 2.24) is 4.90 Å². The molecule has 0 bridgehead atoms. The number of amides is 1. The maximum absolute atomic E-state index is 13.4. The van der Waals surface area contributed by atoms with Crippen molar-refractivity contribution in [2.24, 2.45) is 5.73 Å². The average molecular weight is 440 g/mol. The van der Waals surface area contributed by atoms with Crippen molar-refractivity contribution in [3.8, 4) is 6.07 Å². The van der Waals surface area contributed by atoms with Crippen LogP contribution < -0.4 is 5.73 Å². The molecule has 1 fully saturated rings. The number of likely N-dealkylation sites (tertiary alicyclic amines) is 1. The molecule has 166 valence electrons. The number of hydrogen-bond donors (Lipinski definition) is 2. The van der Waals surface area contributed by atoms with Gasteiger partial charge in [-0.15, -0.1) is 0 Å². The minimum absolute atomic E-state index is 0.0991. The molecule has 0 aromatic heterocycles. The normalized spacial score (nSPS) is 15.0. The van der Waals surface area contributed by atoms with Gasteiger partial charge in [0.15, 0.2) is 0 Å². The summed E-state index contributed by atoms with van der Waals surface area (Å²) in [5.74, 6) is -0.138. The minimum atomic E-state index is -4.77. The molecule has 0 saturated carbocycles. The molecule has 3 N–H and O–H groups in total. The number of nitrogens with two attached hydrogens (primary N) is 1. The first-order valence-corrected chi connectivity index (χ1v) is 9.97. The van der Waals surface area contributed by atoms with Gasteiger partial charge in [-0.25, -0.2) is 0 Å². The maximum atomic E-state index is 13.4. The molecule has 8 heteroatoms. The first kappa shape index (κ1) is 23.1. The number of allylic oxidation sites excluding steroid dienone is 1. The molecule has 32 heavy (non-hydrogen) atoms. The Hall–Kier alpha value is -3.60. The third kappa shape index (κ3) is 4.37. The molecule has 0 unspecified atom stereocenters. The van der Waals surface area contributed by atoms with Crippen LogP contribution in [-0.2, 0) is 0 Å². The van der Waals surface area contributed by atoms with Crippen LogP contribution in [0.4, 0.5) is 13.2 Å². The Bertz CT molecular complexity index is 1150. The SMILES string of the molecule is CC(=N)/C(=C(\N)c1cc(C(=O)N2CC(c3ccc(C#N)cc3)C2)c(C)cc1C)C(F)(F)F. The molecule has 0 radical (unpaired) electrons. The Morgan fingerprint density at radius 2 is 1.69 bits per heavy atom. The molecule has 2 aromatic rings. The number of benzene rings is 2. The van der Waals surface area contributed by atoms with Crippen molar-refractivity contribution in [3.63, 3.8) is 0 Å². The van der Waals surface area contributed by atoms with E-state index in [1.807, 2.05) is 12.1 Å². The van der Waals surface area contributed by atoms with Crippen molar-refractivity contribution < 1.29 is 18.0 Å². The zero-order valence-electron chi connectivity index (χ0n) is 18.0. The summed E-state index contributed by atoms with van der Waals surface area (Å²) in [6, 6.07) is 12.3. The van der Waals surface area contributed by atoms with E-state index in [1.54, 1.807) is 36.9 Å². The van der Waals surface area contributed by atoms with Gasteiger partial charge >= 0.3 is 6.18 Å². The van der Waals surface area contributed by atoms with Crippen molar-refractivity contribution in [2.75, 3.05) is 13.1 Å². The largest absolute Gasteiger partial charge is 0.420 e. The zero-order chi connectivity index (χ0) is 23.8. The van der Waals surface area contributed by atoms with E-state index < -0.39 is 23.2 Å². The number of nitriles is 1. The van der Waals surface area contributed by atoms with Gasteiger partial charge in [-0.05, 0) is 55.7 Å². The summed E-state index contributed by atoms with van der Waals surface area (Å²) in [6.45, 7) is 5.35. The highest BCUT2D eigenvalue weighted by atomic mass is 19.4. The number of carbonyl (C=O) groups is 1. The van der Waals surface area contributed by atoms with Gasteiger partial charge in [0, 0.05) is 35.8 Å².